The number of nitrogens with two attached hydrogens (primary N) is 2. The van der Waals surface area contributed by atoms with E-state index in [1.165, 1.54) is 11.8 Å². The third-order valence-corrected chi connectivity index (χ3v) is 3.11. The number of hydrogen-bond acceptors (Lipinski definition) is 3. The first-order valence-electron chi connectivity index (χ1n) is 5.80. The summed E-state index contributed by atoms with van der Waals surface area (Å²) in [5, 5.41) is 0.577. The average molecular weight is 302 g/mol. The van der Waals surface area contributed by atoms with Gasteiger partial charge in [0.25, 0.3) is 0 Å². The molecule has 0 unspecified atom stereocenters. The number of aliphatic imine (C=N–C) groups is 1. The predicted molar refractivity (Wildman–Crippen MR) is 84.8 cm³/mol. The summed E-state index contributed by atoms with van der Waals surface area (Å²) in [6.45, 7) is 4.93. The number of hydrogen-bond donors (Lipinski definition) is 2. The standard InChI is InChI=1S/C13H19N3OS.ClH/c1-9(2)7-16-13(15)18-8-10-4-3-5-11(6-10)12(14)17;/h3-6,9H,7-8H2,1-2H3,(H2,14,17)(H2,15,16);1H. The molecule has 6 heteroatoms. The minimum atomic E-state index is -0.414. The number of nitrogens with zero attached hydrogens (tertiary/aromatic N) is 1. The smallest absolute Gasteiger partial charge is 0.248 e. The highest BCUT2D eigenvalue weighted by Gasteiger charge is 2.02. The Balaban J connectivity index is 0.00000324. The average Bonchev–Trinajstić information content (AvgIpc) is 2.34. The molecule has 1 aromatic carbocycles. The van der Waals surface area contributed by atoms with Gasteiger partial charge in [-0.3, -0.25) is 9.79 Å². The lowest BCUT2D eigenvalue weighted by Crippen LogP contribution is -2.11. The van der Waals surface area contributed by atoms with E-state index in [0.29, 0.717) is 22.4 Å². The summed E-state index contributed by atoms with van der Waals surface area (Å²) in [7, 11) is 0. The molecule has 0 saturated carbocycles. The molecule has 0 aliphatic carbocycles. The number of carbonyl (C=O) groups excluding carboxylic acids is 1. The van der Waals surface area contributed by atoms with Crippen LogP contribution in [0.25, 0.3) is 0 Å². The Hall–Kier alpha value is -1.20. The molecule has 0 saturated heterocycles. The Morgan fingerprint density at radius 3 is 2.63 bits per heavy atom. The van der Waals surface area contributed by atoms with E-state index < -0.39 is 5.91 Å². The van der Waals surface area contributed by atoms with E-state index in [2.05, 4.69) is 18.8 Å². The predicted octanol–water partition coefficient (Wildman–Crippen LogP) is 2.41. The van der Waals surface area contributed by atoms with Crippen LogP contribution in [-0.4, -0.2) is 17.6 Å². The molecule has 0 fully saturated rings. The zero-order chi connectivity index (χ0) is 13.5. The molecule has 106 valence electrons. The molecule has 0 atom stereocenters. The van der Waals surface area contributed by atoms with Crippen LogP contribution in [0.15, 0.2) is 29.3 Å². The number of benzene rings is 1. The Labute approximate surface area is 124 Å². The first-order valence-corrected chi connectivity index (χ1v) is 6.79. The quantitative estimate of drug-likeness (QED) is 0.647. The highest BCUT2D eigenvalue weighted by Crippen LogP contribution is 2.14. The molecule has 1 amide bonds. The van der Waals surface area contributed by atoms with Crippen molar-refractivity contribution in [1.82, 2.24) is 0 Å². The van der Waals surface area contributed by atoms with Crippen molar-refractivity contribution in [2.45, 2.75) is 19.6 Å². The minimum absolute atomic E-state index is 0. The van der Waals surface area contributed by atoms with Crippen molar-refractivity contribution in [3.8, 4) is 0 Å². The van der Waals surface area contributed by atoms with E-state index in [-0.39, 0.29) is 12.4 Å². The fourth-order valence-corrected chi connectivity index (χ4v) is 1.95. The van der Waals surface area contributed by atoms with Crippen LogP contribution in [0.4, 0.5) is 0 Å². The largest absolute Gasteiger partial charge is 0.379 e. The molecule has 0 heterocycles. The summed E-state index contributed by atoms with van der Waals surface area (Å²) in [6, 6.07) is 7.24. The van der Waals surface area contributed by atoms with Crippen molar-refractivity contribution in [1.29, 1.82) is 0 Å². The Bertz CT molecular complexity index is 449. The zero-order valence-electron chi connectivity index (χ0n) is 11.1. The van der Waals surface area contributed by atoms with E-state index in [9.17, 15) is 4.79 Å². The van der Waals surface area contributed by atoms with Crippen LogP contribution in [0.5, 0.6) is 0 Å². The van der Waals surface area contributed by atoms with E-state index in [1.54, 1.807) is 12.1 Å². The SMILES string of the molecule is CC(C)CN=C(N)SCc1cccc(C(N)=O)c1.Cl. The van der Waals surface area contributed by atoms with Gasteiger partial charge in [-0.15, -0.1) is 12.4 Å². The van der Waals surface area contributed by atoms with Crippen LogP contribution >= 0.6 is 24.2 Å². The summed E-state index contributed by atoms with van der Waals surface area (Å²) in [5.74, 6) is 0.778. The van der Waals surface area contributed by atoms with Crippen LogP contribution in [0.1, 0.15) is 29.8 Å². The fourth-order valence-electron chi connectivity index (χ4n) is 1.29. The molecule has 0 aromatic heterocycles. The first kappa shape index (κ1) is 17.8. The van der Waals surface area contributed by atoms with Crippen LogP contribution < -0.4 is 11.5 Å². The van der Waals surface area contributed by atoms with Gasteiger partial charge in [0.2, 0.25) is 5.91 Å². The summed E-state index contributed by atoms with van der Waals surface area (Å²) < 4.78 is 0. The maximum Gasteiger partial charge on any atom is 0.248 e. The lowest BCUT2D eigenvalue weighted by Gasteiger charge is -2.04. The Morgan fingerprint density at radius 2 is 2.05 bits per heavy atom. The van der Waals surface area contributed by atoms with Gasteiger partial charge in [0.15, 0.2) is 5.17 Å². The second kappa shape index (κ2) is 8.82. The summed E-state index contributed by atoms with van der Waals surface area (Å²) in [5.41, 5.74) is 12.5. The Kier molecular flexibility index (Phi) is 8.27. The number of carbonyl (C=O) groups is 1. The molecule has 0 spiro atoms. The monoisotopic (exact) mass is 301 g/mol. The van der Waals surface area contributed by atoms with Gasteiger partial charge in [0, 0.05) is 17.9 Å². The van der Waals surface area contributed by atoms with Crippen molar-refractivity contribution in [3.63, 3.8) is 0 Å². The molecule has 0 radical (unpaired) electrons. The fraction of sp³-hybridized carbons (Fsp3) is 0.385. The van der Waals surface area contributed by atoms with E-state index in [4.69, 9.17) is 11.5 Å². The molecule has 19 heavy (non-hydrogen) atoms. The summed E-state index contributed by atoms with van der Waals surface area (Å²) >= 11 is 1.47. The molecule has 0 bridgehead atoms. The molecular weight excluding hydrogens is 282 g/mol. The van der Waals surface area contributed by atoms with Crippen molar-refractivity contribution in [2.75, 3.05) is 6.54 Å². The number of primary amides is 1. The van der Waals surface area contributed by atoms with Crippen molar-refractivity contribution in [3.05, 3.63) is 35.4 Å². The summed E-state index contributed by atoms with van der Waals surface area (Å²) in [6.07, 6.45) is 0. The van der Waals surface area contributed by atoms with Crippen molar-refractivity contribution >= 4 is 35.2 Å². The van der Waals surface area contributed by atoms with Crippen LogP contribution in [0, 0.1) is 5.92 Å². The van der Waals surface area contributed by atoms with Gasteiger partial charge in [0.1, 0.15) is 0 Å². The third-order valence-electron chi connectivity index (χ3n) is 2.21. The normalized spacial score (nSPS) is 11.2. The zero-order valence-corrected chi connectivity index (χ0v) is 12.8. The lowest BCUT2D eigenvalue weighted by atomic mass is 10.1. The molecule has 4 N–H and O–H groups in total. The van der Waals surface area contributed by atoms with Gasteiger partial charge in [-0.1, -0.05) is 37.7 Å². The topological polar surface area (TPSA) is 81.5 Å². The van der Waals surface area contributed by atoms with Crippen LogP contribution in [0.2, 0.25) is 0 Å². The van der Waals surface area contributed by atoms with Gasteiger partial charge in [-0.2, -0.15) is 0 Å². The minimum Gasteiger partial charge on any atom is -0.379 e. The van der Waals surface area contributed by atoms with Gasteiger partial charge >= 0.3 is 0 Å². The number of thioether (sulfide) groups is 1. The van der Waals surface area contributed by atoms with Crippen LogP contribution in [-0.2, 0) is 5.75 Å². The van der Waals surface area contributed by atoms with Crippen LogP contribution in [0.3, 0.4) is 0 Å². The molecule has 4 nitrogen and oxygen atoms in total. The van der Waals surface area contributed by atoms with Gasteiger partial charge in [0.05, 0.1) is 0 Å². The maximum atomic E-state index is 11.0. The molecule has 1 rings (SSSR count). The molecule has 1 aromatic rings. The van der Waals surface area contributed by atoms with Gasteiger partial charge in [-0.25, -0.2) is 0 Å². The lowest BCUT2D eigenvalue weighted by molar-refractivity contribution is 0.1000. The van der Waals surface area contributed by atoms with Crippen molar-refractivity contribution < 1.29 is 4.79 Å². The Morgan fingerprint density at radius 1 is 1.37 bits per heavy atom. The highest BCUT2D eigenvalue weighted by molar-refractivity contribution is 8.13. The van der Waals surface area contributed by atoms with E-state index >= 15 is 0 Å². The number of amidine groups is 1. The van der Waals surface area contributed by atoms with Crippen molar-refractivity contribution in [2.24, 2.45) is 22.4 Å². The molecular formula is C13H20ClN3OS. The molecule has 0 aliphatic heterocycles. The first-order chi connectivity index (χ1) is 8.49. The van der Waals surface area contributed by atoms with Gasteiger partial charge < -0.3 is 11.5 Å². The summed E-state index contributed by atoms with van der Waals surface area (Å²) in [4.78, 5) is 15.3. The highest BCUT2D eigenvalue weighted by atomic mass is 35.5. The maximum absolute atomic E-state index is 11.0. The number of amides is 1. The van der Waals surface area contributed by atoms with E-state index in [1.807, 2.05) is 12.1 Å². The third kappa shape index (κ3) is 7.08. The molecule has 0 aliphatic rings. The van der Waals surface area contributed by atoms with Gasteiger partial charge in [-0.05, 0) is 23.6 Å². The van der Waals surface area contributed by atoms with E-state index in [0.717, 1.165) is 12.1 Å². The number of halogens is 1. The number of rotatable bonds is 5. The second-order valence-electron chi connectivity index (χ2n) is 4.43. The second-order valence-corrected chi connectivity index (χ2v) is 5.42.